The van der Waals surface area contributed by atoms with Crippen molar-refractivity contribution in [2.45, 2.75) is 69.4 Å². The van der Waals surface area contributed by atoms with Crippen LogP contribution in [0.3, 0.4) is 0 Å². The van der Waals surface area contributed by atoms with Gasteiger partial charge in [-0.2, -0.15) is 0 Å². The summed E-state index contributed by atoms with van der Waals surface area (Å²) in [5, 5.41) is 6.76. The summed E-state index contributed by atoms with van der Waals surface area (Å²) in [6.07, 6.45) is 10.7. The zero-order valence-electron chi connectivity index (χ0n) is 16.3. The molecule has 1 atom stereocenters. The quantitative estimate of drug-likeness (QED) is 0.562. The highest BCUT2D eigenvalue weighted by molar-refractivity contribution is 7.90. The molecule has 2 N–H and O–H groups in total. The summed E-state index contributed by atoms with van der Waals surface area (Å²) in [4.78, 5) is 4.64. The number of aliphatic imine (C=N–C) groups is 1. The first kappa shape index (κ1) is 20.7. The van der Waals surface area contributed by atoms with E-state index in [4.69, 9.17) is 0 Å². The van der Waals surface area contributed by atoms with Crippen LogP contribution in [-0.4, -0.2) is 33.7 Å². The lowest BCUT2D eigenvalue weighted by atomic mass is 9.85. The van der Waals surface area contributed by atoms with Crippen LogP contribution in [0.15, 0.2) is 34.2 Å². The van der Waals surface area contributed by atoms with Crippen molar-refractivity contribution in [1.82, 2.24) is 10.6 Å². The average Bonchev–Trinajstić information content (AvgIpc) is 2.64. The molecule has 0 aromatic heterocycles. The molecule has 1 saturated carbocycles. The van der Waals surface area contributed by atoms with Gasteiger partial charge in [-0.3, -0.25) is 4.99 Å². The summed E-state index contributed by atoms with van der Waals surface area (Å²) in [7, 11) is -1.37. The van der Waals surface area contributed by atoms with Crippen LogP contribution in [0.1, 0.15) is 57.4 Å². The van der Waals surface area contributed by atoms with Crippen molar-refractivity contribution in [3.63, 3.8) is 0 Å². The lowest BCUT2D eigenvalue weighted by Crippen LogP contribution is -2.42. The van der Waals surface area contributed by atoms with Crippen LogP contribution in [0.5, 0.6) is 0 Å². The second-order valence-electron chi connectivity index (χ2n) is 7.47. The second-order valence-corrected chi connectivity index (χ2v) is 9.48. The van der Waals surface area contributed by atoms with Crippen molar-refractivity contribution in [2.24, 2.45) is 10.9 Å². The van der Waals surface area contributed by atoms with E-state index in [9.17, 15) is 8.42 Å². The van der Waals surface area contributed by atoms with Crippen molar-refractivity contribution in [1.29, 1.82) is 0 Å². The number of nitrogens with one attached hydrogen (secondary N) is 2. The maximum Gasteiger partial charge on any atom is 0.191 e. The van der Waals surface area contributed by atoms with E-state index in [1.807, 2.05) is 12.1 Å². The van der Waals surface area contributed by atoms with E-state index in [1.165, 1.54) is 44.8 Å². The van der Waals surface area contributed by atoms with Crippen molar-refractivity contribution in [2.75, 3.05) is 13.3 Å². The van der Waals surface area contributed by atoms with Crippen LogP contribution in [0.2, 0.25) is 0 Å². The van der Waals surface area contributed by atoms with Crippen LogP contribution in [0.4, 0.5) is 0 Å². The van der Waals surface area contributed by atoms with Crippen LogP contribution < -0.4 is 10.6 Å². The predicted molar refractivity (Wildman–Crippen MR) is 108 cm³/mol. The van der Waals surface area contributed by atoms with Gasteiger partial charge in [0.2, 0.25) is 0 Å². The monoisotopic (exact) mass is 379 g/mol. The molecule has 0 spiro atoms. The standard InChI is InChI=1S/C20H33N3O2S/c1-16(9-10-17-7-5-4-6-8-17)23-20(21-2)22-15-18-11-13-19(14-12-18)26(3,24)25/h11-14,16-17H,4-10,15H2,1-3H3,(H2,21,22,23). The molecular formula is C20H33N3O2S. The molecule has 0 aliphatic heterocycles. The number of hydrogen-bond donors (Lipinski definition) is 2. The summed E-state index contributed by atoms with van der Waals surface area (Å²) in [5.41, 5.74) is 1.02. The third-order valence-electron chi connectivity index (χ3n) is 5.15. The van der Waals surface area contributed by atoms with Crippen LogP contribution in [0.25, 0.3) is 0 Å². The maximum atomic E-state index is 11.5. The van der Waals surface area contributed by atoms with E-state index in [-0.39, 0.29) is 0 Å². The molecule has 0 radical (unpaired) electrons. The third kappa shape index (κ3) is 6.98. The zero-order chi connectivity index (χ0) is 19.0. The van der Waals surface area contributed by atoms with Gasteiger partial charge in [-0.15, -0.1) is 0 Å². The minimum atomic E-state index is -3.14. The number of hydrogen-bond acceptors (Lipinski definition) is 3. The van der Waals surface area contributed by atoms with Crippen molar-refractivity contribution in [3.05, 3.63) is 29.8 Å². The first-order valence-electron chi connectivity index (χ1n) is 9.64. The summed E-state index contributed by atoms with van der Waals surface area (Å²) in [6, 6.07) is 7.35. The summed E-state index contributed by atoms with van der Waals surface area (Å²) in [5.74, 6) is 1.68. The summed E-state index contributed by atoms with van der Waals surface area (Å²) < 4.78 is 23.0. The molecule has 1 aliphatic carbocycles. The number of rotatable bonds is 7. The lowest BCUT2D eigenvalue weighted by molar-refractivity contribution is 0.322. The van der Waals surface area contributed by atoms with Crippen LogP contribution in [0, 0.1) is 5.92 Å². The Labute approximate surface area is 158 Å². The van der Waals surface area contributed by atoms with E-state index >= 15 is 0 Å². The van der Waals surface area contributed by atoms with E-state index in [0.29, 0.717) is 17.5 Å². The first-order valence-corrected chi connectivity index (χ1v) is 11.5. The largest absolute Gasteiger partial charge is 0.354 e. The Balaban J connectivity index is 1.76. The Bertz CT molecular complexity index is 678. The van der Waals surface area contributed by atoms with Gasteiger partial charge in [0.05, 0.1) is 4.90 Å². The molecule has 0 bridgehead atoms. The molecule has 1 aromatic rings. The summed E-state index contributed by atoms with van der Waals surface area (Å²) in [6.45, 7) is 2.82. The third-order valence-corrected chi connectivity index (χ3v) is 6.28. The van der Waals surface area contributed by atoms with Gasteiger partial charge in [-0.1, -0.05) is 44.2 Å². The molecule has 146 valence electrons. The van der Waals surface area contributed by atoms with Gasteiger partial charge in [0.25, 0.3) is 0 Å². The van der Waals surface area contributed by atoms with Gasteiger partial charge in [-0.05, 0) is 43.4 Å². The van der Waals surface area contributed by atoms with Crippen molar-refractivity contribution >= 4 is 15.8 Å². The molecule has 2 rings (SSSR count). The first-order chi connectivity index (χ1) is 12.4. The number of nitrogens with zero attached hydrogens (tertiary/aromatic N) is 1. The Morgan fingerprint density at radius 3 is 2.42 bits per heavy atom. The predicted octanol–water partition coefficient (Wildman–Crippen LogP) is 3.50. The van der Waals surface area contributed by atoms with Crippen LogP contribution >= 0.6 is 0 Å². The van der Waals surface area contributed by atoms with Crippen molar-refractivity contribution in [3.8, 4) is 0 Å². The fourth-order valence-corrected chi connectivity index (χ4v) is 4.13. The molecule has 1 fully saturated rings. The van der Waals surface area contributed by atoms with Gasteiger partial charge in [-0.25, -0.2) is 8.42 Å². The molecular weight excluding hydrogens is 346 g/mol. The fourth-order valence-electron chi connectivity index (χ4n) is 3.50. The average molecular weight is 380 g/mol. The lowest BCUT2D eigenvalue weighted by Gasteiger charge is -2.24. The SMILES string of the molecule is CN=C(NCc1ccc(S(C)(=O)=O)cc1)NC(C)CCC1CCCCC1. The van der Waals surface area contributed by atoms with Gasteiger partial charge >= 0.3 is 0 Å². The molecule has 1 unspecified atom stereocenters. The minimum absolute atomic E-state index is 0.347. The number of guanidine groups is 1. The Morgan fingerprint density at radius 1 is 1.19 bits per heavy atom. The Hall–Kier alpha value is -1.56. The highest BCUT2D eigenvalue weighted by Gasteiger charge is 2.15. The van der Waals surface area contributed by atoms with Gasteiger partial charge in [0, 0.05) is 25.9 Å². The normalized spacial score (nSPS) is 17.7. The molecule has 0 amide bonds. The molecule has 0 heterocycles. The van der Waals surface area contributed by atoms with E-state index < -0.39 is 9.84 Å². The van der Waals surface area contributed by atoms with E-state index in [1.54, 1.807) is 19.2 Å². The zero-order valence-corrected chi connectivity index (χ0v) is 17.1. The minimum Gasteiger partial charge on any atom is -0.354 e. The molecule has 0 saturated heterocycles. The highest BCUT2D eigenvalue weighted by atomic mass is 32.2. The smallest absolute Gasteiger partial charge is 0.191 e. The van der Waals surface area contributed by atoms with E-state index in [2.05, 4.69) is 22.5 Å². The molecule has 1 aromatic carbocycles. The molecule has 1 aliphatic rings. The molecule has 5 nitrogen and oxygen atoms in total. The topological polar surface area (TPSA) is 70.6 Å². The molecule has 26 heavy (non-hydrogen) atoms. The Kier molecular flexibility index (Phi) is 7.94. The van der Waals surface area contributed by atoms with E-state index in [0.717, 1.165) is 23.9 Å². The Morgan fingerprint density at radius 2 is 1.85 bits per heavy atom. The van der Waals surface area contributed by atoms with Gasteiger partial charge in [0.15, 0.2) is 15.8 Å². The summed E-state index contributed by atoms with van der Waals surface area (Å²) >= 11 is 0. The van der Waals surface area contributed by atoms with Crippen LogP contribution in [-0.2, 0) is 16.4 Å². The van der Waals surface area contributed by atoms with Gasteiger partial charge < -0.3 is 10.6 Å². The highest BCUT2D eigenvalue weighted by Crippen LogP contribution is 2.27. The number of sulfone groups is 1. The fraction of sp³-hybridized carbons (Fsp3) is 0.650. The number of benzene rings is 1. The van der Waals surface area contributed by atoms with Gasteiger partial charge in [0.1, 0.15) is 0 Å². The van der Waals surface area contributed by atoms with Crippen molar-refractivity contribution < 1.29 is 8.42 Å². The molecule has 6 heteroatoms. The second kappa shape index (κ2) is 9.95. The maximum absolute atomic E-state index is 11.5.